The highest BCUT2D eigenvalue weighted by atomic mass is 16.2. The molecule has 1 N–H and O–H groups in total. The molecular weight excluding hydrogens is 211 g/mol. The van der Waals surface area contributed by atoms with E-state index in [1.54, 1.807) is 0 Å². The van der Waals surface area contributed by atoms with Crippen molar-refractivity contribution in [2.75, 3.05) is 19.6 Å². The minimum absolute atomic E-state index is 0.124. The maximum Gasteiger partial charge on any atom is 0.214 e. The van der Waals surface area contributed by atoms with Gasteiger partial charge in [0.1, 0.15) is 7.85 Å². The number of carbonyl (C=O) groups is 1. The highest BCUT2D eigenvalue weighted by molar-refractivity contribution is 6.19. The molecule has 0 saturated carbocycles. The minimum Gasteiger partial charge on any atom is -0.342 e. The fourth-order valence-corrected chi connectivity index (χ4v) is 1.56. The molecule has 100 valence electrons. The quantitative estimate of drug-likeness (QED) is 0.680. The van der Waals surface area contributed by atoms with E-state index in [2.05, 4.69) is 39.9 Å². The average molecular weight is 240 g/mol. The smallest absolute Gasteiger partial charge is 0.214 e. The molecular formula is C13H29BN2O. The molecule has 0 aromatic carbocycles. The van der Waals surface area contributed by atoms with Crippen molar-refractivity contribution in [3.05, 3.63) is 0 Å². The lowest BCUT2D eigenvalue weighted by molar-refractivity contribution is -0.128. The largest absolute Gasteiger partial charge is 0.342 e. The summed E-state index contributed by atoms with van der Waals surface area (Å²) in [5.41, 5.74) is 0.124. The topological polar surface area (TPSA) is 32.3 Å². The first-order valence-corrected chi connectivity index (χ1v) is 6.79. The zero-order valence-corrected chi connectivity index (χ0v) is 12.5. The number of carbonyl (C=O) groups excluding carboxylic acids is 1. The maximum atomic E-state index is 11.8. The minimum atomic E-state index is 0.124. The summed E-state index contributed by atoms with van der Waals surface area (Å²) in [4.78, 5) is 13.8. The molecule has 17 heavy (non-hydrogen) atoms. The Kier molecular flexibility index (Phi) is 7.52. The molecule has 1 amide bonds. The molecule has 0 heterocycles. The van der Waals surface area contributed by atoms with E-state index in [-0.39, 0.29) is 11.4 Å². The van der Waals surface area contributed by atoms with E-state index in [0.717, 1.165) is 26.1 Å². The van der Waals surface area contributed by atoms with E-state index < -0.39 is 0 Å². The van der Waals surface area contributed by atoms with Crippen LogP contribution in [0.1, 0.15) is 41.0 Å². The second kappa shape index (κ2) is 7.75. The van der Waals surface area contributed by atoms with Crippen LogP contribution in [0, 0.1) is 5.92 Å². The van der Waals surface area contributed by atoms with E-state index in [1.807, 2.05) is 12.7 Å². The zero-order valence-electron chi connectivity index (χ0n) is 12.5. The van der Waals surface area contributed by atoms with Crippen LogP contribution in [0.15, 0.2) is 0 Å². The third-order valence-electron chi connectivity index (χ3n) is 2.67. The molecule has 0 fully saturated rings. The van der Waals surface area contributed by atoms with Crippen molar-refractivity contribution >= 4 is 13.8 Å². The van der Waals surface area contributed by atoms with E-state index >= 15 is 0 Å². The fraction of sp³-hybridized carbons (Fsp3) is 0.923. The van der Waals surface area contributed by atoms with Gasteiger partial charge in [-0.1, -0.05) is 13.8 Å². The van der Waals surface area contributed by atoms with Crippen LogP contribution in [0.25, 0.3) is 0 Å². The number of nitrogens with one attached hydrogen (secondary N) is 1. The van der Waals surface area contributed by atoms with Crippen LogP contribution < -0.4 is 5.32 Å². The van der Waals surface area contributed by atoms with E-state index in [1.165, 1.54) is 0 Å². The third-order valence-corrected chi connectivity index (χ3v) is 2.67. The second-order valence-corrected chi connectivity index (χ2v) is 6.09. The molecule has 0 bridgehead atoms. The number of nitrogens with zero attached hydrogens (tertiary/aromatic N) is 1. The summed E-state index contributed by atoms with van der Waals surface area (Å²) in [6, 6.07) is 0. The van der Waals surface area contributed by atoms with Crippen molar-refractivity contribution in [2.45, 2.75) is 52.9 Å². The predicted octanol–water partition coefficient (Wildman–Crippen LogP) is 1.30. The molecule has 3 nitrogen and oxygen atoms in total. The van der Waals surface area contributed by atoms with Crippen molar-refractivity contribution in [1.82, 2.24) is 10.2 Å². The Bertz CT molecular complexity index is 224. The number of rotatable bonds is 7. The van der Waals surface area contributed by atoms with Gasteiger partial charge in [0, 0.05) is 25.2 Å². The molecule has 0 unspecified atom stereocenters. The van der Waals surface area contributed by atoms with E-state index in [4.69, 9.17) is 0 Å². The molecule has 0 spiro atoms. The fourth-order valence-electron chi connectivity index (χ4n) is 1.56. The third kappa shape index (κ3) is 9.22. The van der Waals surface area contributed by atoms with Crippen LogP contribution in [-0.2, 0) is 4.79 Å². The summed E-state index contributed by atoms with van der Waals surface area (Å²) in [5.74, 6) is 0.916. The van der Waals surface area contributed by atoms with E-state index in [9.17, 15) is 4.79 Å². The lowest BCUT2D eigenvalue weighted by Crippen LogP contribution is -2.43. The Hall–Kier alpha value is -0.505. The van der Waals surface area contributed by atoms with Gasteiger partial charge in [0.05, 0.1) is 0 Å². The second-order valence-electron chi connectivity index (χ2n) is 6.09. The molecule has 0 saturated heterocycles. The molecule has 0 rings (SSSR count). The van der Waals surface area contributed by atoms with Gasteiger partial charge in [0.2, 0.25) is 5.91 Å². The first kappa shape index (κ1) is 16.5. The summed E-state index contributed by atoms with van der Waals surface area (Å²) >= 11 is 0. The van der Waals surface area contributed by atoms with Crippen molar-refractivity contribution in [1.29, 1.82) is 0 Å². The first-order valence-electron chi connectivity index (χ1n) is 6.79. The van der Waals surface area contributed by atoms with Gasteiger partial charge in [0.25, 0.3) is 0 Å². The molecule has 0 atom stereocenters. The Morgan fingerprint density at radius 1 is 1.29 bits per heavy atom. The number of amides is 1. The standard InChI is InChI=1S/C13H29BN2O/c1-11(2)6-8-16(12(17)10-14)9-7-15-13(3,4)5/h11,15H,6-10,14H2,1-5H3. The Morgan fingerprint density at radius 3 is 2.29 bits per heavy atom. The normalized spacial score (nSPS) is 11.9. The van der Waals surface area contributed by atoms with Gasteiger partial charge in [-0.3, -0.25) is 4.79 Å². The number of hydrogen-bond donors (Lipinski definition) is 1. The average Bonchev–Trinajstić information content (AvgIpc) is 2.20. The molecule has 0 aromatic heterocycles. The summed E-state index contributed by atoms with van der Waals surface area (Å²) < 4.78 is 0. The highest BCUT2D eigenvalue weighted by Crippen LogP contribution is 2.04. The van der Waals surface area contributed by atoms with Gasteiger partial charge < -0.3 is 10.2 Å². The van der Waals surface area contributed by atoms with Crippen LogP contribution in [0.3, 0.4) is 0 Å². The summed E-state index contributed by atoms with van der Waals surface area (Å²) in [5, 5.41) is 3.43. The maximum absolute atomic E-state index is 11.8. The molecule has 0 aliphatic heterocycles. The SMILES string of the molecule is BCC(=O)N(CCNC(C)(C)C)CCC(C)C. The summed E-state index contributed by atoms with van der Waals surface area (Å²) in [6.45, 7) is 13.4. The molecule has 0 radical (unpaired) electrons. The Balaban J connectivity index is 4.07. The predicted molar refractivity (Wildman–Crippen MR) is 77.1 cm³/mol. The summed E-state index contributed by atoms with van der Waals surface area (Å²) in [6.07, 6.45) is 1.69. The van der Waals surface area contributed by atoms with Gasteiger partial charge >= 0.3 is 0 Å². The van der Waals surface area contributed by atoms with Gasteiger partial charge in [-0.05, 0) is 39.4 Å². The first-order chi connectivity index (χ1) is 7.76. The molecule has 0 aliphatic carbocycles. The van der Waals surface area contributed by atoms with Gasteiger partial charge in [-0.2, -0.15) is 0 Å². The lowest BCUT2D eigenvalue weighted by Gasteiger charge is -2.26. The molecule has 0 aromatic rings. The van der Waals surface area contributed by atoms with Crippen LogP contribution in [0.5, 0.6) is 0 Å². The van der Waals surface area contributed by atoms with Gasteiger partial charge in [-0.15, -0.1) is 0 Å². The van der Waals surface area contributed by atoms with E-state index in [0.29, 0.717) is 12.2 Å². The van der Waals surface area contributed by atoms with Crippen molar-refractivity contribution in [3.8, 4) is 0 Å². The molecule has 0 aliphatic rings. The van der Waals surface area contributed by atoms with Gasteiger partial charge in [-0.25, -0.2) is 0 Å². The van der Waals surface area contributed by atoms with Crippen molar-refractivity contribution in [2.24, 2.45) is 5.92 Å². The van der Waals surface area contributed by atoms with Crippen molar-refractivity contribution in [3.63, 3.8) is 0 Å². The van der Waals surface area contributed by atoms with Crippen LogP contribution in [0.2, 0.25) is 6.32 Å². The molecule has 4 heteroatoms. The highest BCUT2D eigenvalue weighted by Gasteiger charge is 2.13. The van der Waals surface area contributed by atoms with Crippen LogP contribution in [-0.4, -0.2) is 43.8 Å². The Morgan fingerprint density at radius 2 is 1.88 bits per heavy atom. The van der Waals surface area contributed by atoms with Gasteiger partial charge in [0.15, 0.2) is 0 Å². The lowest BCUT2D eigenvalue weighted by atomic mass is 10.0. The number of hydrogen-bond acceptors (Lipinski definition) is 2. The van der Waals surface area contributed by atoms with Crippen molar-refractivity contribution < 1.29 is 4.79 Å². The summed E-state index contributed by atoms with van der Waals surface area (Å²) in [7, 11) is 1.93. The zero-order chi connectivity index (χ0) is 13.5. The monoisotopic (exact) mass is 240 g/mol. The van der Waals surface area contributed by atoms with Crippen LogP contribution >= 0.6 is 0 Å². The van der Waals surface area contributed by atoms with Crippen LogP contribution in [0.4, 0.5) is 0 Å². The Labute approximate surface area is 108 Å².